The fourth-order valence-corrected chi connectivity index (χ4v) is 6.38. The number of aliphatic hydroxyl groups excluding tert-OH is 8. The molecule has 0 saturated carbocycles. The van der Waals surface area contributed by atoms with Gasteiger partial charge in [-0.15, -0.1) is 0 Å². The van der Waals surface area contributed by atoms with Crippen molar-refractivity contribution >= 4 is 23.8 Å². The molecule has 0 bridgehead atoms. The van der Waals surface area contributed by atoms with E-state index in [1.54, 1.807) is 6.92 Å². The van der Waals surface area contributed by atoms with E-state index in [1.165, 1.54) is 6.92 Å². The van der Waals surface area contributed by atoms with Crippen LogP contribution in [0.1, 0.15) is 65.2 Å². The SMILES string of the molecule is CCCCC(=O)OCC(CNC(=O)CCCC(F)(F)C(F)(F)C(F)(F)C(F)(F)C(F)(F)C(F)(F)F)OC(=O)CCC(=O)NC(C)(CO[C@@H]1O[C@H](CO)[C@@H](O)[C@H](O)[C@H]1O)CO[C@@H]1O[C@H](CO)[C@@H](O)[C@H](O)[C@H]1O. The zero-order valence-corrected chi connectivity index (χ0v) is 37.3. The lowest BCUT2D eigenvalue weighted by Crippen LogP contribution is -2.70. The van der Waals surface area contributed by atoms with Crippen LogP contribution in [0.25, 0.3) is 0 Å². The molecule has 0 aromatic heterocycles. The average molecular weight is 1070 g/mol. The molecule has 20 nitrogen and oxygen atoms in total. The molecular formula is C38H55F13N2O18. The van der Waals surface area contributed by atoms with Gasteiger partial charge in [0.15, 0.2) is 18.7 Å². The van der Waals surface area contributed by atoms with E-state index in [2.05, 4.69) is 5.32 Å². The van der Waals surface area contributed by atoms with Crippen molar-refractivity contribution in [3.8, 4) is 0 Å². The average Bonchev–Trinajstić information content (AvgIpc) is 3.28. The molecule has 0 aromatic carbocycles. The Morgan fingerprint density at radius 3 is 1.52 bits per heavy atom. The number of unbranched alkanes of at least 4 members (excludes halogenated alkanes) is 1. The van der Waals surface area contributed by atoms with Crippen LogP contribution in [0.3, 0.4) is 0 Å². The number of halogens is 13. The van der Waals surface area contributed by atoms with E-state index >= 15 is 0 Å². The Morgan fingerprint density at radius 2 is 1.07 bits per heavy atom. The number of ether oxygens (including phenoxy) is 6. The first kappa shape index (κ1) is 63.6. The second-order valence-corrected chi connectivity index (χ2v) is 16.7. The molecule has 2 amide bonds. The number of aliphatic hydroxyl groups is 8. The van der Waals surface area contributed by atoms with Crippen molar-refractivity contribution < 1.29 is 146 Å². The molecule has 2 rings (SSSR count). The van der Waals surface area contributed by atoms with Gasteiger partial charge in [0.05, 0.1) is 44.9 Å². The first-order chi connectivity index (χ1) is 32.5. The van der Waals surface area contributed by atoms with Crippen LogP contribution in [-0.2, 0) is 47.6 Å². The highest BCUT2D eigenvalue weighted by Gasteiger charge is 2.90. The van der Waals surface area contributed by atoms with Crippen molar-refractivity contribution in [2.45, 2.75) is 174 Å². The van der Waals surface area contributed by atoms with Gasteiger partial charge in [0.25, 0.3) is 0 Å². The minimum absolute atomic E-state index is 0.180. The Bertz CT molecular complexity index is 1690. The number of alkyl halides is 13. The number of nitrogens with one attached hydrogen (secondary N) is 2. The number of carbonyl (C=O) groups is 4. The van der Waals surface area contributed by atoms with E-state index in [-0.39, 0.29) is 6.42 Å². The molecule has 2 heterocycles. The van der Waals surface area contributed by atoms with Crippen molar-refractivity contribution in [3.63, 3.8) is 0 Å². The summed E-state index contributed by atoms with van der Waals surface area (Å²) >= 11 is 0. The van der Waals surface area contributed by atoms with Gasteiger partial charge < -0.3 is 79.9 Å². The molecule has 1 unspecified atom stereocenters. The van der Waals surface area contributed by atoms with Crippen LogP contribution in [0.4, 0.5) is 57.1 Å². The summed E-state index contributed by atoms with van der Waals surface area (Å²) in [6.45, 7) is -2.16. The zero-order valence-electron chi connectivity index (χ0n) is 37.3. The monoisotopic (exact) mass is 1070 g/mol. The van der Waals surface area contributed by atoms with Crippen LogP contribution < -0.4 is 10.6 Å². The van der Waals surface area contributed by atoms with E-state index < -0.39 is 204 Å². The summed E-state index contributed by atoms with van der Waals surface area (Å²) < 4.78 is 206. The number of carbonyl (C=O) groups excluding carboxylic acids is 4. The molecule has 2 saturated heterocycles. The lowest BCUT2D eigenvalue weighted by atomic mass is 9.91. The summed E-state index contributed by atoms with van der Waals surface area (Å²) in [5.41, 5.74) is -1.86. The van der Waals surface area contributed by atoms with E-state index in [0.717, 1.165) is 0 Å². The largest absolute Gasteiger partial charge is 0.462 e. The summed E-state index contributed by atoms with van der Waals surface area (Å²) in [5, 5.41) is 84.6. The fraction of sp³-hybridized carbons (Fsp3) is 0.895. The molecule has 33 heteroatoms. The second-order valence-electron chi connectivity index (χ2n) is 16.7. The Labute approximate surface area is 393 Å². The van der Waals surface area contributed by atoms with E-state index in [9.17, 15) is 117 Å². The number of hydrogen-bond acceptors (Lipinski definition) is 18. The molecule has 416 valence electrons. The quantitative estimate of drug-likeness (QED) is 0.0363. The summed E-state index contributed by atoms with van der Waals surface area (Å²) in [6.07, 6.45) is -33.9. The highest BCUT2D eigenvalue weighted by Crippen LogP contribution is 2.60. The van der Waals surface area contributed by atoms with Gasteiger partial charge in [0.1, 0.15) is 55.4 Å². The molecule has 10 N–H and O–H groups in total. The third-order valence-corrected chi connectivity index (χ3v) is 10.7. The van der Waals surface area contributed by atoms with Gasteiger partial charge in [-0.3, -0.25) is 19.2 Å². The van der Waals surface area contributed by atoms with Crippen LogP contribution >= 0.6 is 0 Å². The Balaban J connectivity index is 2.16. The molecule has 0 aromatic rings. The normalized spacial score (nSPS) is 26.6. The maximum atomic E-state index is 14.2. The molecule has 2 aliphatic heterocycles. The first-order valence-corrected chi connectivity index (χ1v) is 21.2. The molecule has 0 spiro atoms. The predicted octanol–water partition coefficient (Wildman–Crippen LogP) is -0.0550. The minimum atomic E-state index is -8.11. The van der Waals surface area contributed by atoms with Gasteiger partial charge in [0, 0.05) is 25.7 Å². The summed E-state index contributed by atoms with van der Waals surface area (Å²) in [6, 6.07) is 0. The fourth-order valence-electron chi connectivity index (χ4n) is 6.38. The van der Waals surface area contributed by atoms with Gasteiger partial charge >= 0.3 is 47.7 Å². The second kappa shape index (κ2) is 25.6. The molecule has 0 aliphatic carbocycles. The van der Waals surface area contributed by atoms with Crippen molar-refractivity contribution in [2.75, 3.05) is 39.6 Å². The van der Waals surface area contributed by atoms with Crippen LogP contribution in [0.2, 0.25) is 0 Å². The van der Waals surface area contributed by atoms with E-state index in [4.69, 9.17) is 28.4 Å². The third-order valence-electron chi connectivity index (χ3n) is 10.7. The molecule has 71 heavy (non-hydrogen) atoms. The zero-order chi connectivity index (χ0) is 54.7. The van der Waals surface area contributed by atoms with E-state index in [1.807, 2.05) is 5.32 Å². The number of amides is 2. The Hall–Kier alpha value is -3.51. The molecule has 11 atom stereocenters. The highest BCUT2D eigenvalue weighted by molar-refractivity contribution is 5.82. The molecular weight excluding hydrogens is 1020 g/mol. The number of rotatable bonds is 28. The first-order valence-electron chi connectivity index (χ1n) is 21.2. The lowest BCUT2D eigenvalue weighted by Gasteiger charge is -2.42. The van der Waals surface area contributed by atoms with Crippen LogP contribution in [0, 0.1) is 0 Å². The Morgan fingerprint density at radius 1 is 0.592 bits per heavy atom. The maximum absolute atomic E-state index is 14.2. The van der Waals surface area contributed by atoms with Gasteiger partial charge in [-0.05, 0) is 19.8 Å². The standard InChI is InChI=1S/C38H55F13N2O18/c1-3-4-7-22(58)66-14-17(11-52-20(56)6-5-10-33(39,40)34(41,42)35(43,44)36(45,46)37(47,48)38(49,50)51)69-23(59)9-8-21(57)53-32(2,15-67-30-28(64)26(62)24(60)18(12-54)70-30)16-68-31-29(65)27(63)25(61)19(13-55)71-31/h17-19,24-31,54-55,60-65H,3-16H2,1-2H3,(H,52,56)(H,53,57)/t17?,18-,19-,24-,25-,26+,27+,28-,29-,30-,31-/m1/s1. The lowest BCUT2D eigenvalue weighted by molar-refractivity contribution is -0.440. The van der Waals surface area contributed by atoms with Crippen LogP contribution in [0.15, 0.2) is 0 Å². The van der Waals surface area contributed by atoms with Gasteiger partial charge in [-0.1, -0.05) is 13.3 Å². The summed E-state index contributed by atoms with van der Waals surface area (Å²) in [4.78, 5) is 50.7. The number of hydrogen-bond donors (Lipinski definition) is 10. The van der Waals surface area contributed by atoms with Crippen molar-refractivity contribution in [1.29, 1.82) is 0 Å². The van der Waals surface area contributed by atoms with Crippen molar-refractivity contribution in [2.24, 2.45) is 0 Å². The van der Waals surface area contributed by atoms with E-state index in [0.29, 0.717) is 12.8 Å². The van der Waals surface area contributed by atoms with Crippen LogP contribution in [0.5, 0.6) is 0 Å². The molecule has 2 aliphatic rings. The van der Waals surface area contributed by atoms with Crippen molar-refractivity contribution in [3.05, 3.63) is 0 Å². The Kier molecular flexibility index (Phi) is 23.0. The van der Waals surface area contributed by atoms with Gasteiger partial charge in [-0.2, -0.15) is 57.1 Å². The minimum Gasteiger partial charge on any atom is -0.462 e. The van der Waals surface area contributed by atoms with Crippen molar-refractivity contribution in [1.82, 2.24) is 10.6 Å². The topological polar surface area (TPSA) is 310 Å². The summed E-state index contributed by atoms with van der Waals surface area (Å²) in [7, 11) is 0. The molecule has 0 radical (unpaired) electrons. The van der Waals surface area contributed by atoms with Gasteiger partial charge in [-0.25, -0.2) is 0 Å². The smallest absolute Gasteiger partial charge is 0.460 e. The number of esters is 2. The summed E-state index contributed by atoms with van der Waals surface area (Å²) in [5.74, 6) is -42.7. The van der Waals surface area contributed by atoms with Crippen LogP contribution in [-0.4, -0.2) is 213 Å². The third kappa shape index (κ3) is 15.8. The predicted molar refractivity (Wildman–Crippen MR) is 203 cm³/mol. The maximum Gasteiger partial charge on any atom is 0.460 e. The highest BCUT2D eigenvalue weighted by atomic mass is 19.4. The van der Waals surface area contributed by atoms with Gasteiger partial charge in [0.2, 0.25) is 11.8 Å². The molecule has 2 fully saturated rings.